The molecule has 2 amide bonds. The minimum Gasteiger partial charge on any atom is -0.481 e. The maximum atomic E-state index is 12.2. The van der Waals surface area contributed by atoms with Gasteiger partial charge in [0.05, 0.1) is 19.1 Å². The van der Waals surface area contributed by atoms with Gasteiger partial charge in [-0.15, -0.1) is 0 Å². The first-order valence-electron chi connectivity index (χ1n) is 8.23. The van der Waals surface area contributed by atoms with Crippen LogP contribution >= 0.6 is 0 Å². The number of anilines is 1. The molecular weight excluding hydrogens is 377 g/mol. The number of urea groups is 1. The number of aryl methyl sites for hydroxylation is 2. The zero-order valence-corrected chi connectivity index (χ0v) is 18.7. The molecule has 1 aromatic carbocycles. The molecule has 0 fully saturated rings. The van der Waals surface area contributed by atoms with Crippen LogP contribution in [0.25, 0.3) is 11.1 Å². The third kappa shape index (κ3) is 5.01. The molecule has 2 N–H and O–H groups in total. The third-order valence-electron chi connectivity index (χ3n) is 4.35. The average Bonchev–Trinajstić information content (AvgIpc) is 3.01. The van der Waals surface area contributed by atoms with Gasteiger partial charge in [-0.25, -0.2) is 22.9 Å². The van der Waals surface area contributed by atoms with Gasteiger partial charge in [0.25, 0.3) is 0 Å². The summed E-state index contributed by atoms with van der Waals surface area (Å²) in [6.07, 6.45) is 5.36. The number of hydrogen-bond donors (Lipinski definition) is 2. The van der Waals surface area contributed by atoms with E-state index < -0.39 is 16.1 Å². The Bertz CT molecular complexity index is 977. The molecule has 0 unspecified atom stereocenters. The second kappa shape index (κ2) is 8.60. The molecule has 3 rings (SSSR count). The van der Waals surface area contributed by atoms with Crippen LogP contribution in [0.5, 0.6) is 5.88 Å². The Morgan fingerprint density at radius 3 is 2.67 bits per heavy atom. The Hall–Kier alpha value is -1.61. The minimum atomic E-state index is -3.65. The Labute approximate surface area is 181 Å². The van der Waals surface area contributed by atoms with Gasteiger partial charge in [-0.3, -0.25) is 0 Å². The predicted molar refractivity (Wildman–Crippen MR) is 106 cm³/mol. The van der Waals surface area contributed by atoms with E-state index in [9.17, 15) is 13.2 Å². The summed E-state index contributed by atoms with van der Waals surface area (Å²) in [6.45, 7) is 1.97. The number of nitrogens with one attached hydrogen (secondary N) is 2. The van der Waals surface area contributed by atoms with Crippen LogP contribution in [-0.2, 0) is 22.9 Å². The summed E-state index contributed by atoms with van der Waals surface area (Å²) in [5.74, 6) is 0.467. The summed E-state index contributed by atoms with van der Waals surface area (Å²) < 4.78 is 29.9. The van der Waals surface area contributed by atoms with Gasteiger partial charge in [-0.2, -0.15) is 0 Å². The average molecular weight is 398 g/mol. The summed E-state index contributed by atoms with van der Waals surface area (Å²) >= 11 is 0. The van der Waals surface area contributed by atoms with Gasteiger partial charge in [0.2, 0.25) is 15.9 Å². The van der Waals surface area contributed by atoms with E-state index in [0.29, 0.717) is 11.6 Å². The van der Waals surface area contributed by atoms with E-state index in [0.717, 1.165) is 47.8 Å². The van der Waals surface area contributed by atoms with Gasteiger partial charge < -0.3 is 10.1 Å². The van der Waals surface area contributed by atoms with Gasteiger partial charge in [-0.05, 0) is 54.5 Å². The van der Waals surface area contributed by atoms with Crippen LogP contribution < -0.4 is 14.8 Å². The van der Waals surface area contributed by atoms with E-state index in [2.05, 4.69) is 16.4 Å². The molecule has 0 spiro atoms. The van der Waals surface area contributed by atoms with Crippen LogP contribution in [0.15, 0.2) is 24.4 Å². The molecule has 27 heavy (non-hydrogen) atoms. The van der Waals surface area contributed by atoms with Crippen molar-refractivity contribution in [1.29, 1.82) is 0 Å². The zero-order valence-electron chi connectivity index (χ0n) is 15.9. The number of amides is 2. The smallest absolute Gasteiger partial charge is 0.332 e. The second-order valence-electron chi connectivity index (χ2n) is 6.35. The Balaban J connectivity index is 0.00000261. The van der Waals surface area contributed by atoms with Gasteiger partial charge in [0, 0.05) is 47.4 Å². The molecule has 1 aromatic heterocycles. The van der Waals surface area contributed by atoms with Crippen molar-refractivity contribution in [2.24, 2.45) is 0 Å². The van der Waals surface area contributed by atoms with Gasteiger partial charge in [0.15, 0.2) is 0 Å². The summed E-state index contributed by atoms with van der Waals surface area (Å²) in [5, 5.41) is 2.75. The number of ether oxygens (including phenoxy) is 1. The Morgan fingerprint density at radius 2 is 2.00 bits per heavy atom. The first-order chi connectivity index (χ1) is 12.3. The van der Waals surface area contributed by atoms with Gasteiger partial charge in [0.1, 0.15) is 0 Å². The number of nitrogens with zero attached hydrogens (tertiary/aromatic N) is 1. The van der Waals surface area contributed by atoms with Crippen LogP contribution in [0.3, 0.4) is 0 Å². The third-order valence-corrected chi connectivity index (χ3v) is 4.90. The molecule has 0 atom stereocenters. The number of fused-ring (bicyclic) bond motifs is 1. The van der Waals surface area contributed by atoms with Crippen LogP contribution in [0, 0.1) is 6.92 Å². The van der Waals surface area contributed by atoms with E-state index in [-0.39, 0.29) is 29.6 Å². The molecule has 1 radical (unpaired) electrons. The maximum Gasteiger partial charge on any atom is 0.332 e. The number of hydrogen-bond acceptors (Lipinski definition) is 5. The largest absolute Gasteiger partial charge is 0.481 e. The van der Waals surface area contributed by atoms with Gasteiger partial charge in [-0.1, -0.05) is 6.07 Å². The van der Waals surface area contributed by atoms with E-state index in [4.69, 9.17) is 4.74 Å². The molecule has 0 aliphatic heterocycles. The molecule has 139 valence electrons. The minimum absolute atomic E-state index is 0. The molecule has 1 heterocycles. The van der Waals surface area contributed by atoms with Crippen molar-refractivity contribution in [1.82, 2.24) is 9.71 Å². The van der Waals surface area contributed by atoms with Crippen molar-refractivity contribution in [2.45, 2.75) is 26.2 Å². The number of carbonyl (C=O) groups is 1. The van der Waals surface area contributed by atoms with E-state index >= 15 is 0 Å². The molecule has 9 heteroatoms. The van der Waals surface area contributed by atoms with E-state index in [1.807, 2.05) is 17.7 Å². The van der Waals surface area contributed by atoms with Crippen molar-refractivity contribution in [3.63, 3.8) is 0 Å². The summed E-state index contributed by atoms with van der Waals surface area (Å²) in [6, 6.07) is 4.99. The van der Waals surface area contributed by atoms with Crippen molar-refractivity contribution in [2.75, 3.05) is 18.7 Å². The summed E-state index contributed by atoms with van der Waals surface area (Å²) in [4.78, 5) is 16.3. The summed E-state index contributed by atoms with van der Waals surface area (Å²) in [5.41, 5.74) is 5.56. The van der Waals surface area contributed by atoms with Crippen molar-refractivity contribution >= 4 is 51.3 Å². The second-order valence-corrected chi connectivity index (χ2v) is 8.10. The fourth-order valence-electron chi connectivity index (χ4n) is 3.39. The monoisotopic (exact) mass is 398 g/mol. The first-order valence-corrected chi connectivity index (χ1v) is 10.1. The fraction of sp³-hybridized carbons (Fsp3) is 0.333. The predicted octanol–water partition coefficient (Wildman–Crippen LogP) is 2.25. The number of rotatable bonds is 4. The number of aromatic nitrogens is 1. The zero-order chi connectivity index (χ0) is 18.9. The van der Waals surface area contributed by atoms with Crippen LogP contribution in [0.2, 0.25) is 0 Å². The van der Waals surface area contributed by atoms with Crippen LogP contribution in [0.4, 0.5) is 10.5 Å². The van der Waals surface area contributed by atoms with E-state index in [1.54, 1.807) is 19.4 Å². The van der Waals surface area contributed by atoms with E-state index in [1.165, 1.54) is 5.56 Å². The molecule has 0 saturated heterocycles. The quantitative estimate of drug-likeness (QED) is 0.770. The molecule has 0 saturated carbocycles. The Kier molecular flexibility index (Phi) is 6.91. The number of benzene rings is 1. The number of carbonyl (C=O) groups excluding carboxylic acids is 1. The van der Waals surface area contributed by atoms with Crippen LogP contribution in [-0.4, -0.2) is 62.4 Å². The molecular formula is C18H21N3NaO4S. The molecule has 1 aliphatic carbocycles. The van der Waals surface area contributed by atoms with Crippen molar-refractivity contribution in [3.8, 4) is 17.0 Å². The molecule has 0 bridgehead atoms. The van der Waals surface area contributed by atoms with Crippen LogP contribution in [0.1, 0.15) is 23.1 Å². The molecule has 1 aliphatic rings. The van der Waals surface area contributed by atoms with Crippen molar-refractivity contribution < 1.29 is 17.9 Å². The SMILES string of the molecule is COc1cc(-c2c(C)cc3c(c2NC(=O)NS(C)(=O)=O)CCC3)ccn1.[Na]. The molecule has 7 nitrogen and oxygen atoms in total. The first kappa shape index (κ1) is 21.7. The Morgan fingerprint density at radius 1 is 1.26 bits per heavy atom. The number of methoxy groups -OCH3 is 1. The summed E-state index contributed by atoms with van der Waals surface area (Å²) in [7, 11) is -2.11. The van der Waals surface area contributed by atoms with Crippen molar-refractivity contribution in [3.05, 3.63) is 41.1 Å². The fourth-order valence-corrected chi connectivity index (χ4v) is 3.78. The topological polar surface area (TPSA) is 97.4 Å². The number of pyridine rings is 1. The standard InChI is InChI=1S/C18H21N3O4S.Na/c1-11-9-12-5-4-6-14(12)17(20-18(22)21-26(3,23)24)16(11)13-7-8-19-15(10-13)25-2;/h7-10H,4-6H2,1-3H3,(H2,20,21,22);. The number of sulfonamides is 1. The maximum absolute atomic E-state index is 12.2. The molecule has 2 aromatic rings. The van der Waals surface area contributed by atoms with Gasteiger partial charge >= 0.3 is 6.03 Å². The normalized spacial score (nSPS) is 12.7.